The summed E-state index contributed by atoms with van der Waals surface area (Å²) in [5.74, 6) is -2.70. The van der Waals surface area contributed by atoms with Crippen LogP contribution in [0, 0.1) is 0 Å². The van der Waals surface area contributed by atoms with Crippen LogP contribution in [0.1, 0.15) is 33.1 Å². The summed E-state index contributed by atoms with van der Waals surface area (Å²) in [4.78, 5) is 55.6. The van der Waals surface area contributed by atoms with Gasteiger partial charge in [-0.1, -0.05) is 0 Å². The molecule has 13 nitrogen and oxygen atoms in total. The zero-order valence-corrected chi connectivity index (χ0v) is 19.0. The van der Waals surface area contributed by atoms with Crippen molar-refractivity contribution in [1.29, 1.82) is 0 Å². The highest BCUT2D eigenvalue weighted by atomic mass is 16.7. The van der Waals surface area contributed by atoms with E-state index in [-0.39, 0.29) is 51.7 Å². The number of carbonyl (C=O) groups is 5. The van der Waals surface area contributed by atoms with Gasteiger partial charge < -0.3 is 43.7 Å². The Bertz CT molecular complexity index is 610. The molecule has 0 amide bonds. The van der Waals surface area contributed by atoms with Gasteiger partial charge in [-0.2, -0.15) is 0 Å². The smallest absolute Gasteiger partial charge is 0.323 e. The van der Waals surface area contributed by atoms with Gasteiger partial charge in [-0.05, 0) is 6.92 Å². The first-order chi connectivity index (χ1) is 15.7. The molecule has 0 saturated carbocycles. The molecule has 13 heteroatoms. The third kappa shape index (κ3) is 21.0. The number of nitrogens with two attached hydrogens (primary N) is 1. The van der Waals surface area contributed by atoms with Crippen molar-refractivity contribution in [2.45, 2.75) is 39.2 Å². The van der Waals surface area contributed by atoms with Crippen molar-refractivity contribution in [3.8, 4) is 0 Å². The van der Waals surface area contributed by atoms with Crippen LogP contribution in [0.15, 0.2) is 0 Å². The van der Waals surface area contributed by atoms with Crippen LogP contribution in [0.25, 0.3) is 0 Å². The number of Topliss-reactive ketones (excluding diaryl/α,β-unsaturated/α-hetero) is 1. The summed E-state index contributed by atoms with van der Waals surface area (Å²) in [6.07, 6.45) is -0.181. The van der Waals surface area contributed by atoms with Crippen LogP contribution >= 0.6 is 0 Å². The average Bonchev–Trinajstić information content (AvgIpc) is 2.74. The van der Waals surface area contributed by atoms with E-state index in [1.807, 2.05) is 0 Å². The van der Waals surface area contributed by atoms with Gasteiger partial charge in [0.05, 0.1) is 52.5 Å². The molecule has 0 rings (SSSR count). The summed E-state index contributed by atoms with van der Waals surface area (Å²) in [5, 5.41) is 0. The van der Waals surface area contributed by atoms with Gasteiger partial charge in [0.2, 0.25) is 6.79 Å². The second-order valence-corrected chi connectivity index (χ2v) is 6.51. The van der Waals surface area contributed by atoms with Crippen LogP contribution in [0.4, 0.5) is 0 Å². The summed E-state index contributed by atoms with van der Waals surface area (Å²) in [6.45, 7) is 3.61. The van der Waals surface area contributed by atoms with Crippen molar-refractivity contribution in [1.82, 2.24) is 0 Å². The fraction of sp³-hybridized carbons (Fsp3) is 0.750. The van der Waals surface area contributed by atoms with E-state index in [0.29, 0.717) is 19.8 Å². The molecule has 1 atom stereocenters. The molecular formula is C20H33NO12. The van der Waals surface area contributed by atoms with E-state index >= 15 is 0 Å². The fourth-order valence-electron chi connectivity index (χ4n) is 1.91. The highest BCUT2D eigenvalue weighted by molar-refractivity contribution is 5.82. The summed E-state index contributed by atoms with van der Waals surface area (Å²) in [7, 11) is 0. The lowest BCUT2D eigenvalue weighted by Crippen LogP contribution is -2.35. The normalized spacial score (nSPS) is 11.4. The lowest BCUT2D eigenvalue weighted by atomic mass is 10.2. The highest BCUT2D eigenvalue weighted by Gasteiger charge is 2.20. The maximum atomic E-state index is 11.7. The average molecular weight is 479 g/mol. The molecule has 0 saturated heterocycles. The monoisotopic (exact) mass is 479 g/mol. The largest absolute Gasteiger partial charge is 0.463 e. The summed E-state index contributed by atoms with van der Waals surface area (Å²) < 4.78 is 34.5. The number of hydrogen-bond donors (Lipinski definition) is 1. The van der Waals surface area contributed by atoms with Gasteiger partial charge in [-0.3, -0.25) is 19.2 Å². The Kier molecular flexibility index (Phi) is 18.4. The predicted octanol–water partition coefficient (Wildman–Crippen LogP) is -0.727. The van der Waals surface area contributed by atoms with Crippen LogP contribution in [0.2, 0.25) is 0 Å². The van der Waals surface area contributed by atoms with E-state index in [2.05, 4.69) is 9.47 Å². The first-order valence-electron chi connectivity index (χ1n) is 10.3. The molecule has 2 N–H and O–H groups in total. The number of ether oxygens (including phenoxy) is 7. The van der Waals surface area contributed by atoms with E-state index in [1.54, 1.807) is 0 Å². The molecule has 0 aliphatic rings. The molecule has 0 aromatic rings. The molecule has 33 heavy (non-hydrogen) atoms. The molecule has 0 aliphatic carbocycles. The van der Waals surface area contributed by atoms with E-state index < -0.39 is 43.1 Å². The Morgan fingerprint density at radius 1 is 0.636 bits per heavy atom. The molecule has 0 aromatic heterocycles. The van der Waals surface area contributed by atoms with Gasteiger partial charge in [0, 0.05) is 13.3 Å². The van der Waals surface area contributed by atoms with Gasteiger partial charge in [-0.25, -0.2) is 0 Å². The van der Waals surface area contributed by atoms with Gasteiger partial charge in [-0.15, -0.1) is 0 Å². The maximum absolute atomic E-state index is 11.7. The Hall–Kier alpha value is -2.61. The molecule has 0 aliphatic heterocycles. The molecular weight excluding hydrogens is 446 g/mol. The van der Waals surface area contributed by atoms with Gasteiger partial charge in [0.25, 0.3) is 0 Å². The van der Waals surface area contributed by atoms with Crippen LogP contribution in [-0.2, 0) is 57.1 Å². The Morgan fingerprint density at radius 2 is 1.15 bits per heavy atom. The Labute approximate surface area is 192 Å². The van der Waals surface area contributed by atoms with Gasteiger partial charge in [0.1, 0.15) is 25.0 Å². The van der Waals surface area contributed by atoms with E-state index in [9.17, 15) is 24.0 Å². The number of carbonyl (C=O) groups excluding carboxylic acids is 5. The minimum absolute atomic E-state index is 0.0523. The topological polar surface area (TPSA) is 176 Å². The SMILES string of the molecule is CC(=O)CCC(=O)OCCOCCOCCOCCOC(=O)[C@H](N)CC(=O)OCOC(C)=O. The number of ketones is 1. The second-order valence-electron chi connectivity index (χ2n) is 6.51. The summed E-state index contributed by atoms with van der Waals surface area (Å²) in [5.41, 5.74) is 5.54. The van der Waals surface area contributed by atoms with Crippen molar-refractivity contribution in [3.63, 3.8) is 0 Å². The molecule has 0 radical (unpaired) electrons. The lowest BCUT2D eigenvalue weighted by Gasteiger charge is -2.11. The summed E-state index contributed by atoms with van der Waals surface area (Å²) in [6, 6.07) is -1.21. The van der Waals surface area contributed by atoms with Crippen LogP contribution < -0.4 is 5.73 Å². The molecule has 0 aromatic carbocycles. The molecule has 0 unspecified atom stereocenters. The molecule has 0 bridgehead atoms. The van der Waals surface area contributed by atoms with E-state index in [1.165, 1.54) is 6.92 Å². The highest BCUT2D eigenvalue weighted by Crippen LogP contribution is 1.97. The third-order valence-electron chi connectivity index (χ3n) is 3.56. The first kappa shape index (κ1) is 30.4. The van der Waals surface area contributed by atoms with Crippen LogP contribution in [-0.4, -0.2) is 95.4 Å². The van der Waals surface area contributed by atoms with Crippen molar-refractivity contribution < 1.29 is 57.1 Å². The first-order valence-corrected chi connectivity index (χ1v) is 10.3. The Balaban J connectivity index is 3.46. The number of rotatable bonds is 20. The van der Waals surface area contributed by atoms with Crippen LogP contribution in [0.3, 0.4) is 0 Å². The van der Waals surface area contributed by atoms with Crippen molar-refractivity contribution in [3.05, 3.63) is 0 Å². The quantitative estimate of drug-likeness (QED) is 0.100. The minimum Gasteiger partial charge on any atom is -0.463 e. The molecule has 0 fully saturated rings. The molecule has 190 valence electrons. The van der Waals surface area contributed by atoms with Gasteiger partial charge in [0.15, 0.2) is 0 Å². The standard InChI is InChI=1S/C20H33NO12/c1-15(22)3-4-18(24)30-11-9-28-7-5-27-6-8-29-10-12-31-20(26)17(21)13-19(25)33-14-32-16(2)23/h17H,3-14,21H2,1-2H3/t17-/m1/s1. The van der Waals surface area contributed by atoms with Crippen molar-refractivity contribution >= 4 is 29.7 Å². The van der Waals surface area contributed by atoms with Crippen molar-refractivity contribution in [2.75, 3.05) is 59.6 Å². The van der Waals surface area contributed by atoms with E-state index in [4.69, 9.17) is 29.4 Å². The lowest BCUT2D eigenvalue weighted by molar-refractivity contribution is -0.167. The molecule has 0 heterocycles. The molecule has 0 spiro atoms. The second kappa shape index (κ2) is 20.0. The zero-order valence-electron chi connectivity index (χ0n) is 19.0. The Morgan fingerprint density at radius 3 is 1.67 bits per heavy atom. The van der Waals surface area contributed by atoms with Crippen molar-refractivity contribution in [2.24, 2.45) is 5.73 Å². The minimum atomic E-state index is -1.21. The third-order valence-corrected chi connectivity index (χ3v) is 3.56. The zero-order chi connectivity index (χ0) is 24.9. The van der Waals surface area contributed by atoms with Gasteiger partial charge >= 0.3 is 23.9 Å². The maximum Gasteiger partial charge on any atom is 0.323 e. The van der Waals surface area contributed by atoms with Crippen LogP contribution in [0.5, 0.6) is 0 Å². The fourth-order valence-corrected chi connectivity index (χ4v) is 1.91. The predicted molar refractivity (Wildman–Crippen MR) is 110 cm³/mol. The van der Waals surface area contributed by atoms with E-state index in [0.717, 1.165) is 6.92 Å². The summed E-state index contributed by atoms with van der Waals surface area (Å²) >= 11 is 0. The number of hydrogen-bond acceptors (Lipinski definition) is 13. The number of esters is 4.